The molecule has 0 amide bonds. The third-order valence-corrected chi connectivity index (χ3v) is 4.45. The fourth-order valence-corrected chi connectivity index (χ4v) is 2.81. The lowest BCUT2D eigenvalue weighted by Crippen LogP contribution is -2.29. The van der Waals surface area contributed by atoms with Crippen molar-refractivity contribution < 1.29 is 13.3 Å². The highest BCUT2D eigenvalue weighted by Crippen LogP contribution is 2.25. The molecule has 1 unspecified atom stereocenters. The summed E-state index contributed by atoms with van der Waals surface area (Å²) in [6, 6.07) is 2.39. The maximum Gasteiger partial charge on any atom is 0.273 e. The van der Waals surface area contributed by atoms with Crippen LogP contribution in [-0.4, -0.2) is 25.9 Å². The molecule has 20 heavy (non-hydrogen) atoms. The number of aryl methyl sites for hydroxylation is 1. The van der Waals surface area contributed by atoms with Gasteiger partial charge in [-0.2, -0.15) is 0 Å². The maximum absolute atomic E-state index is 12.1. The highest BCUT2D eigenvalue weighted by molar-refractivity contribution is 7.89. The van der Waals surface area contributed by atoms with Gasteiger partial charge in [0.25, 0.3) is 5.69 Å². The normalized spacial score (nSPS) is 13.2. The lowest BCUT2D eigenvalue weighted by atomic mass is 10.1. The number of sulfonamides is 1. The van der Waals surface area contributed by atoms with E-state index in [9.17, 15) is 18.5 Å². The molecule has 0 aliphatic rings. The molecule has 0 aliphatic carbocycles. The van der Waals surface area contributed by atoms with E-state index in [1.165, 1.54) is 6.07 Å². The van der Waals surface area contributed by atoms with Gasteiger partial charge in [0, 0.05) is 24.2 Å². The van der Waals surface area contributed by atoms with Crippen LogP contribution in [0.5, 0.6) is 0 Å². The molecule has 0 radical (unpaired) electrons. The quantitative estimate of drug-likeness (QED) is 0.605. The summed E-state index contributed by atoms with van der Waals surface area (Å²) < 4.78 is 26.5. The second kappa shape index (κ2) is 6.29. The summed E-state index contributed by atoms with van der Waals surface area (Å²) in [7, 11) is -3.76. The van der Waals surface area contributed by atoms with Gasteiger partial charge in [0.15, 0.2) is 0 Å². The van der Waals surface area contributed by atoms with E-state index >= 15 is 0 Å². The fourth-order valence-electron chi connectivity index (χ4n) is 1.66. The largest absolute Gasteiger partial charge is 0.328 e. The van der Waals surface area contributed by atoms with E-state index in [-0.39, 0.29) is 23.2 Å². The van der Waals surface area contributed by atoms with Crippen LogP contribution >= 0.6 is 0 Å². The SMILES string of the molecule is Cc1cc(S(=O)(=O)NCCC(C)N)cc([N+](=O)[O-])c1C. The molecule has 1 aromatic carbocycles. The number of nitro groups is 1. The van der Waals surface area contributed by atoms with Crippen LogP contribution in [-0.2, 0) is 10.0 Å². The second-order valence-corrected chi connectivity index (χ2v) is 6.57. The van der Waals surface area contributed by atoms with Crippen molar-refractivity contribution in [3.8, 4) is 0 Å². The van der Waals surface area contributed by atoms with Crippen molar-refractivity contribution in [2.75, 3.05) is 6.54 Å². The highest BCUT2D eigenvalue weighted by atomic mass is 32.2. The van der Waals surface area contributed by atoms with Crippen molar-refractivity contribution in [1.82, 2.24) is 4.72 Å². The summed E-state index contributed by atoms with van der Waals surface area (Å²) in [5.74, 6) is 0. The summed E-state index contributed by atoms with van der Waals surface area (Å²) >= 11 is 0. The first-order valence-corrected chi connectivity index (χ1v) is 7.64. The van der Waals surface area contributed by atoms with Crippen LogP contribution in [0.4, 0.5) is 5.69 Å². The topological polar surface area (TPSA) is 115 Å². The van der Waals surface area contributed by atoms with Gasteiger partial charge in [0.05, 0.1) is 9.82 Å². The van der Waals surface area contributed by atoms with E-state index in [1.807, 2.05) is 0 Å². The molecule has 3 N–H and O–H groups in total. The molecule has 0 heterocycles. The van der Waals surface area contributed by atoms with E-state index in [2.05, 4.69) is 4.72 Å². The van der Waals surface area contributed by atoms with Gasteiger partial charge in [-0.1, -0.05) is 0 Å². The van der Waals surface area contributed by atoms with Crippen LogP contribution in [0.25, 0.3) is 0 Å². The number of nitro benzene ring substituents is 1. The number of nitrogens with two attached hydrogens (primary N) is 1. The molecule has 0 aromatic heterocycles. The summed E-state index contributed by atoms with van der Waals surface area (Å²) in [4.78, 5) is 10.3. The summed E-state index contributed by atoms with van der Waals surface area (Å²) in [5.41, 5.74) is 6.37. The van der Waals surface area contributed by atoms with E-state index < -0.39 is 14.9 Å². The van der Waals surface area contributed by atoms with Gasteiger partial charge in [-0.3, -0.25) is 10.1 Å². The molecule has 1 atom stereocenters. The Labute approximate surface area is 118 Å². The van der Waals surface area contributed by atoms with Crippen molar-refractivity contribution in [1.29, 1.82) is 0 Å². The maximum atomic E-state index is 12.1. The minimum absolute atomic E-state index is 0.100. The number of nitrogens with zero attached hydrogens (tertiary/aromatic N) is 1. The van der Waals surface area contributed by atoms with E-state index in [1.54, 1.807) is 20.8 Å². The molecule has 8 heteroatoms. The number of nitrogens with one attached hydrogen (secondary N) is 1. The molecule has 0 saturated carbocycles. The van der Waals surface area contributed by atoms with Gasteiger partial charge in [0.2, 0.25) is 10.0 Å². The van der Waals surface area contributed by atoms with Crippen LogP contribution in [0.3, 0.4) is 0 Å². The Morgan fingerprint density at radius 3 is 2.50 bits per heavy atom. The predicted octanol–water partition coefficient (Wildman–Crippen LogP) is 1.23. The van der Waals surface area contributed by atoms with Crippen molar-refractivity contribution in [3.63, 3.8) is 0 Å². The minimum Gasteiger partial charge on any atom is -0.328 e. The van der Waals surface area contributed by atoms with Gasteiger partial charge in [0.1, 0.15) is 0 Å². The first-order chi connectivity index (χ1) is 9.15. The molecule has 7 nitrogen and oxygen atoms in total. The lowest BCUT2D eigenvalue weighted by molar-refractivity contribution is -0.385. The third kappa shape index (κ3) is 3.99. The average molecular weight is 301 g/mol. The van der Waals surface area contributed by atoms with E-state index in [0.717, 1.165) is 6.07 Å². The smallest absolute Gasteiger partial charge is 0.273 e. The van der Waals surface area contributed by atoms with Crippen molar-refractivity contribution in [2.24, 2.45) is 5.73 Å². The Bertz CT molecular complexity index is 611. The van der Waals surface area contributed by atoms with Crippen molar-refractivity contribution in [2.45, 2.75) is 38.1 Å². The fraction of sp³-hybridized carbons (Fsp3) is 0.500. The standard InChI is InChI=1S/C12H19N3O4S/c1-8-6-11(7-12(10(8)3)15(16)17)20(18,19)14-5-4-9(2)13/h6-7,9,14H,4-5,13H2,1-3H3. The summed E-state index contributed by atoms with van der Waals surface area (Å²) in [6.07, 6.45) is 0.492. The molecule has 0 bridgehead atoms. The molecule has 0 fully saturated rings. The first-order valence-electron chi connectivity index (χ1n) is 6.16. The highest BCUT2D eigenvalue weighted by Gasteiger charge is 2.21. The van der Waals surface area contributed by atoms with Crippen molar-refractivity contribution >= 4 is 15.7 Å². The van der Waals surface area contributed by atoms with Gasteiger partial charge < -0.3 is 5.73 Å². The number of hydrogen-bond donors (Lipinski definition) is 2. The molecule has 112 valence electrons. The van der Waals surface area contributed by atoms with Crippen LogP contribution in [0, 0.1) is 24.0 Å². The third-order valence-electron chi connectivity index (χ3n) is 3.01. The Hall–Kier alpha value is -1.51. The Morgan fingerprint density at radius 2 is 2.00 bits per heavy atom. The number of rotatable bonds is 6. The van der Waals surface area contributed by atoms with Crippen molar-refractivity contribution in [3.05, 3.63) is 33.4 Å². The molecule has 1 aromatic rings. The molecule has 0 spiro atoms. The summed E-state index contributed by atoms with van der Waals surface area (Å²) in [5, 5.41) is 10.9. The summed E-state index contributed by atoms with van der Waals surface area (Å²) in [6.45, 7) is 5.20. The lowest BCUT2D eigenvalue weighted by Gasteiger charge is -2.10. The van der Waals surface area contributed by atoms with Crippen LogP contribution < -0.4 is 10.5 Å². The predicted molar refractivity (Wildman–Crippen MR) is 76.0 cm³/mol. The van der Waals surface area contributed by atoms with Gasteiger partial charge in [-0.25, -0.2) is 13.1 Å². The Balaban J connectivity index is 3.10. The van der Waals surface area contributed by atoms with E-state index in [0.29, 0.717) is 17.5 Å². The van der Waals surface area contributed by atoms with Gasteiger partial charge >= 0.3 is 0 Å². The van der Waals surface area contributed by atoms with Gasteiger partial charge in [-0.15, -0.1) is 0 Å². The zero-order chi connectivity index (χ0) is 15.5. The molecule has 0 saturated heterocycles. The monoisotopic (exact) mass is 301 g/mol. The van der Waals surface area contributed by atoms with Crippen LogP contribution in [0.1, 0.15) is 24.5 Å². The molecular weight excluding hydrogens is 282 g/mol. The van der Waals surface area contributed by atoms with Crippen LogP contribution in [0.2, 0.25) is 0 Å². The molecule has 1 rings (SSSR count). The number of benzene rings is 1. The average Bonchev–Trinajstić information content (AvgIpc) is 2.31. The Morgan fingerprint density at radius 1 is 1.40 bits per heavy atom. The number of hydrogen-bond acceptors (Lipinski definition) is 5. The second-order valence-electron chi connectivity index (χ2n) is 4.81. The molecular formula is C12H19N3O4S. The Kier molecular flexibility index (Phi) is 5.21. The first kappa shape index (κ1) is 16.5. The zero-order valence-electron chi connectivity index (χ0n) is 11.7. The molecule has 0 aliphatic heterocycles. The zero-order valence-corrected chi connectivity index (χ0v) is 12.5. The van der Waals surface area contributed by atoms with Gasteiger partial charge in [-0.05, 0) is 38.8 Å². The van der Waals surface area contributed by atoms with Crippen LogP contribution in [0.15, 0.2) is 17.0 Å². The van der Waals surface area contributed by atoms with E-state index in [4.69, 9.17) is 5.73 Å². The minimum atomic E-state index is -3.76.